The van der Waals surface area contributed by atoms with Crippen molar-refractivity contribution in [3.63, 3.8) is 0 Å². The predicted octanol–water partition coefficient (Wildman–Crippen LogP) is 2.88. The van der Waals surface area contributed by atoms with Crippen molar-refractivity contribution in [2.45, 2.75) is 57.0 Å². The lowest BCUT2D eigenvalue weighted by Gasteiger charge is -2.36. The molecule has 2 aliphatic heterocycles. The number of rotatable bonds is 1. The number of piperidine rings is 1. The Morgan fingerprint density at radius 1 is 1.00 bits per heavy atom. The standard InChI is InChI=1S/C16H19NO/c18-16-9-14-6-7-15(10-16)17(14)13-5-4-11-2-1-3-12(11)8-13/h4-5,8,14-15H,1-3,6-7,9-10H2. The summed E-state index contributed by atoms with van der Waals surface area (Å²) in [6.07, 6.45) is 7.75. The van der Waals surface area contributed by atoms with E-state index in [0.717, 1.165) is 12.8 Å². The van der Waals surface area contributed by atoms with Crippen LogP contribution in [-0.4, -0.2) is 17.9 Å². The smallest absolute Gasteiger partial charge is 0.137 e. The minimum absolute atomic E-state index is 0.472. The van der Waals surface area contributed by atoms with Crippen LogP contribution in [0.4, 0.5) is 5.69 Å². The van der Waals surface area contributed by atoms with E-state index in [1.54, 1.807) is 11.1 Å². The SMILES string of the molecule is O=C1CC2CCC(C1)N2c1ccc2c(c1)CCC2. The summed E-state index contributed by atoms with van der Waals surface area (Å²) >= 11 is 0. The van der Waals surface area contributed by atoms with E-state index in [0.29, 0.717) is 17.9 Å². The van der Waals surface area contributed by atoms with Crippen LogP contribution < -0.4 is 4.90 Å². The third-order valence-electron chi connectivity index (χ3n) is 4.93. The van der Waals surface area contributed by atoms with Gasteiger partial charge < -0.3 is 4.90 Å². The van der Waals surface area contributed by atoms with E-state index in [-0.39, 0.29) is 0 Å². The average Bonchev–Trinajstić information content (AvgIpc) is 2.91. The molecule has 2 heterocycles. The molecule has 0 saturated carbocycles. The van der Waals surface area contributed by atoms with Crippen molar-refractivity contribution in [1.29, 1.82) is 0 Å². The van der Waals surface area contributed by atoms with Gasteiger partial charge >= 0.3 is 0 Å². The summed E-state index contributed by atoms with van der Waals surface area (Å²) in [4.78, 5) is 14.2. The van der Waals surface area contributed by atoms with Crippen LogP contribution >= 0.6 is 0 Å². The monoisotopic (exact) mass is 241 g/mol. The van der Waals surface area contributed by atoms with Gasteiger partial charge in [-0.15, -0.1) is 0 Å². The van der Waals surface area contributed by atoms with Crippen LogP contribution in [0.2, 0.25) is 0 Å². The molecule has 2 unspecified atom stereocenters. The second-order valence-electron chi connectivity index (χ2n) is 6.05. The van der Waals surface area contributed by atoms with Gasteiger partial charge in [-0.3, -0.25) is 4.79 Å². The zero-order valence-corrected chi connectivity index (χ0v) is 10.7. The van der Waals surface area contributed by atoms with Crippen molar-refractivity contribution >= 4 is 11.5 Å². The van der Waals surface area contributed by atoms with E-state index in [1.807, 2.05) is 0 Å². The first-order valence-corrected chi connectivity index (χ1v) is 7.23. The zero-order valence-electron chi connectivity index (χ0n) is 10.7. The third-order valence-corrected chi connectivity index (χ3v) is 4.93. The van der Waals surface area contributed by atoms with Crippen LogP contribution in [0.3, 0.4) is 0 Å². The highest BCUT2D eigenvalue weighted by atomic mass is 16.1. The van der Waals surface area contributed by atoms with Gasteiger partial charge in [0, 0.05) is 30.6 Å². The Morgan fingerprint density at radius 3 is 2.50 bits per heavy atom. The predicted molar refractivity (Wildman–Crippen MR) is 72.0 cm³/mol. The lowest BCUT2D eigenvalue weighted by atomic mass is 9.99. The van der Waals surface area contributed by atoms with E-state index in [1.165, 1.54) is 37.8 Å². The molecule has 0 spiro atoms. The summed E-state index contributed by atoms with van der Waals surface area (Å²) in [5.41, 5.74) is 4.46. The second kappa shape index (κ2) is 3.84. The maximum absolute atomic E-state index is 11.7. The number of aryl methyl sites for hydroxylation is 2. The highest BCUT2D eigenvalue weighted by molar-refractivity contribution is 5.83. The van der Waals surface area contributed by atoms with Gasteiger partial charge in [-0.25, -0.2) is 0 Å². The molecule has 2 bridgehead atoms. The molecule has 0 radical (unpaired) electrons. The normalized spacial score (nSPS) is 29.8. The molecule has 2 fully saturated rings. The Balaban J connectivity index is 1.69. The molecule has 3 aliphatic rings. The molecule has 94 valence electrons. The van der Waals surface area contributed by atoms with Crippen molar-refractivity contribution in [1.82, 2.24) is 0 Å². The number of ketones is 1. The molecular formula is C16H19NO. The molecule has 4 rings (SSSR count). The molecule has 0 aromatic heterocycles. The lowest BCUT2D eigenvalue weighted by Crippen LogP contribution is -2.43. The molecule has 0 amide bonds. The number of carbonyl (C=O) groups is 1. The average molecular weight is 241 g/mol. The molecule has 2 nitrogen and oxygen atoms in total. The summed E-state index contributed by atoms with van der Waals surface area (Å²) in [5.74, 6) is 0.472. The van der Waals surface area contributed by atoms with Gasteiger partial charge in [-0.2, -0.15) is 0 Å². The van der Waals surface area contributed by atoms with Crippen LogP contribution in [0, 0.1) is 0 Å². The molecule has 1 aliphatic carbocycles. The van der Waals surface area contributed by atoms with Crippen LogP contribution in [0.15, 0.2) is 18.2 Å². The van der Waals surface area contributed by atoms with E-state index in [4.69, 9.17) is 0 Å². The maximum Gasteiger partial charge on any atom is 0.137 e. The van der Waals surface area contributed by atoms with Crippen molar-refractivity contribution in [3.05, 3.63) is 29.3 Å². The molecule has 18 heavy (non-hydrogen) atoms. The summed E-state index contributed by atoms with van der Waals surface area (Å²) in [5, 5.41) is 0. The Hall–Kier alpha value is -1.31. The van der Waals surface area contributed by atoms with Gasteiger partial charge in [0.2, 0.25) is 0 Å². The van der Waals surface area contributed by atoms with Crippen molar-refractivity contribution in [2.24, 2.45) is 0 Å². The Bertz CT molecular complexity index is 492. The van der Waals surface area contributed by atoms with Crippen molar-refractivity contribution in [3.8, 4) is 0 Å². The van der Waals surface area contributed by atoms with Crippen LogP contribution in [0.5, 0.6) is 0 Å². The van der Waals surface area contributed by atoms with E-state index < -0.39 is 0 Å². The third kappa shape index (κ3) is 1.51. The van der Waals surface area contributed by atoms with Crippen LogP contribution in [0.1, 0.15) is 43.2 Å². The van der Waals surface area contributed by atoms with Gasteiger partial charge in [0.25, 0.3) is 0 Å². The topological polar surface area (TPSA) is 20.3 Å². The molecule has 1 aromatic rings. The number of hydrogen-bond donors (Lipinski definition) is 0. The summed E-state index contributed by atoms with van der Waals surface area (Å²) in [6, 6.07) is 7.95. The van der Waals surface area contributed by atoms with Gasteiger partial charge in [0.15, 0.2) is 0 Å². The number of nitrogens with zero attached hydrogens (tertiary/aromatic N) is 1. The van der Waals surface area contributed by atoms with Gasteiger partial charge in [0.05, 0.1) is 0 Å². The summed E-state index contributed by atoms with van der Waals surface area (Å²) in [6.45, 7) is 0. The van der Waals surface area contributed by atoms with Crippen LogP contribution in [-0.2, 0) is 17.6 Å². The van der Waals surface area contributed by atoms with Gasteiger partial charge in [-0.05, 0) is 55.4 Å². The Kier molecular flexibility index (Phi) is 2.26. The molecule has 2 saturated heterocycles. The first-order valence-electron chi connectivity index (χ1n) is 7.23. The van der Waals surface area contributed by atoms with E-state index >= 15 is 0 Å². The first-order chi connectivity index (χ1) is 8.81. The fourth-order valence-electron chi connectivity index (χ4n) is 4.11. The Labute approximate surface area is 108 Å². The minimum atomic E-state index is 0.472. The number of fused-ring (bicyclic) bond motifs is 3. The minimum Gasteiger partial charge on any atom is -0.365 e. The van der Waals surface area contributed by atoms with Crippen molar-refractivity contribution < 1.29 is 4.79 Å². The fraction of sp³-hybridized carbons (Fsp3) is 0.562. The molecule has 1 aromatic carbocycles. The number of benzene rings is 1. The lowest BCUT2D eigenvalue weighted by molar-refractivity contribution is -0.120. The maximum atomic E-state index is 11.7. The highest BCUT2D eigenvalue weighted by Gasteiger charge is 2.40. The number of Topliss-reactive ketones (excluding diaryl/α,β-unsaturated/α-hetero) is 1. The fourth-order valence-corrected chi connectivity index (χ4v) is 4.11. The second-order valence-corrected chi connectivity index (χ2v) is 6.05. The highest BCUT2D eigenvalue weighted by Crippen LogP contribution is 2.39. The molecule has 2 heteroatoms. The number of hydrogen-bond acceptors (Lipinski definition) is 2. The number of carbonyl (C=O) groups excluding carboxylic acids is 1. The molecule has 0 N–H and O–H groups in total. The summed E-state index contributed by atoms with van der Waals surface area (Å²) < 4.78 is 0. The van der Waals surface area contributed by atoms with E-state index in [9.17, 15) is 4.79 Å². The van der Waals surface area contributed by atoms with E-state index in [2.05, 4.69) is 23.1 Å². The molecule has 2 atom stereocenters. The summed E-state index contributed by atoms with van der Waals surface area (Å²) in [7, 11) is 0. The quantitative estimate of drug-likeness (QED) is 0.753. The van der Waals surface area contributed by atoms with Gasteiger partial charge in [-0.1, -0.05) is 6.07 Å². The zero-order chi connectivity index (χ0) is 12.1. The first kappa shape index (κ1) is 10.6. The molecular weight excluding hydrogens is 222 g/mol. The number of anilines is 1. The van der Waals surface area contributed by atoms with Crippen molar-refractivity contribution in [2.75, 3.05) is 4.90 Å². The Morgan fingerprint density at radius 2 is 1.72 bits per heavy atom. The largest absolute Gasteiger partial charge is 0.365 e. The van der Waals surface area contributed by atoms with Gasteiger partial charge in [0.1, 0.15) is 5.78 Å². The van der Waals surface area contributed by atoms with Crippen LogP contribution in [0.25, 0.3) is 0 Å².